The van der Waals surface area contributed by atoms with E-state index in [2.05, 4.69) is 9.97 Å². The van der Waals surface area contributed by atoms with Crippen LogP contribution in [0.1, 0.15) is 5.82 Å². The minimum absolute atomic E-state index is 0.0598. The van der Waals surface area contributed by atoms with Crippen LogP contribution in [0.15, 0.2) is 47.4 Å². The molecule has 0 unspecified atom stereocenters. The Balaban J connectivity index is 2.29. The average molecular weight is 291 g/mol. The molecule has 0 saturated carbocycles. The van der Waals surface area contributed by atoms with Gasteiger partial charge in [0.1, 0.15) is 0 Å². The summed E-state index contributed by atoms with van der Waals surface area (Å²) >= 11 is 0. The molecule has 7 heteroatoms. The van der Waals surface area contributed by atoms with Gasteiger partial charge in [0.2, 0.25) is 5.82 Å². The van der Waals surface area contributed by atoms with E-state index in [-0.39, 0.29) is 5.69 Å². The molecule has 0 fully saturated rings. The summed E-state index contributed by atoms with van der Waals surface area (Å²) in [6.45, 7) is 0. The Morgan fingerprint density at radius 2 is 1.86 bits per heavy atom. The van der Waals surface area contributed by atoms with Crippen molar-refractivity contribution in [3.63, 3.8) is 0 Å². The number of aromatic amines is 1. The largest absolute Gasteiger partial charge is 0.449 e. The number of rotatable bonds is 1. The molecule has 0 amide bonds. The third kappa shape index (κ3) is 2.49. The first-order valence-electron chi connectivity index (χ1n) is 5.98. The summed E-state index contributed by atoms with van der Waals surface area (Å²) in [5, 5.41) is 0.755. The zero-order valence-electron chi connectivity index (χ0n) is 10.5. The van der Waals surface area contributed by atoms with Crippen molar-refractivity contribution >= 4 is 10.9 Å². The molecular weight excluding hydrogens is 283 g/mol. The highest BCUT2D eigenvalue weighted by atomic mass is 19.4. The molecule has 106 valence electrons. The number of hydrogen-bond donors (Lipinski definition) is 1. The molecular formula is C14H8F3N3O. The van der Waals surface area contributed by atoms with Gasteiger partial charge in [-0.2, -0.15) is 13.2 Å². The number of benzene rings is 1. The lowest BCUT2D eigenvalue weighted by molar-refractivity contribution is -0.145. The van der Waals surface area contributed by atoms with Crippen LogP contribution < -0.4 is 5.56 Å². The van der Waals surface area contributed by atoms with Crippen LogP contribution in [-0.4, -0.2) is 15.0 Å². The van der Waals surface area contributed by atoms with E-state index >= 15 is 0 Å². The number of nitrogens with one attached hydrogen (secondary N) is 1. The number of H-pyrrole nitrogens is 1. The maximum atomic E-state index is 12.7. The summed E-state index contributed by atoms with van der Waals surface area (Å²) in [5.41, 5.74) is -0.0495. The number of aromatic nitrogens is 3. The van der Waals surface area contributed by atoms with Crippen LogP contribution in [0, 0.1) is 0 Å². The minimum atomic E-state index is -4.72. The van der Waals surface area contributed by atoms with Gasteiger partial charge in [-0.1, -0.05) is 24.3 Å². The van der Waals surface area contributed by atoms with Crippen molar-refractivity contribution in [3.8, 4) is 11.3 Å². The van der Waals surface area contributed by atoms with Gasteiger partial charge in [-0.25, -0.2) is 4.98 Å². The van der Waals surface area contributed by atoms with Crippen LogP contribution in [0.4, 0.5) is 13.2 Å². The minimum Gasteiger partial charge on any atom is -0.303 e. The highest BCUT2D eigenvalue weighted by molar-refractivity contribution is 5.92. The maximum absolute atomic E-state index is 12.7. The van der Waals surface area contributed by atoms with Crippen molar-refractivity contribution in [1.29, 1.82) is 0 Å². The number of hydrogen-bond acceptors (Lipinski definition) is 3. The number of alkyl halides is 3. The van der Waals surface area contributed by atoms with E-state index in [1.165, 1.54) is 6.20 Å². The van der Waals surface area contributed by atoms with Gasteiger partial charge in [0.05, 0.1) is 11.2 Å². The number of para-hydroxylation sites is 1. The lowest BCUT2D eigenvalue weighted by Crippen LogP contribution is -2.18. The Labute approximate surface area is 116 Å². The number of nitrogens with zero attached hydrogens (tertiary/aromatic N) is 2. The van der Waals surface area contributed by atoms with Crippen molar-refractivity contribution in [2.75, 3.05) is 0 Å². The van der Waals surface area contributed by atoms with Gasteiger partial charge >= 0.3 is 6.18 Å². The fourth-order valence-corrected chi connectivity index (χ4v) is 2.04. The lowest BCUT2D eigenvalue weighted by atomic mass is 10.1. The molecule has 0 aliphatic carbocycles. The van der Waals surface area contributed by atoms with Gasteiger partial charge in [0.15, 0.2) is 0 Å². The fraction of sp³-hybridized carbons (Fsp3) is 0.0714. The molecule has 0 radical (unpaired) electrons. The van der Waals surface area contributed by atoms with E-state index in [4.69, 9.17) is 0 Å². The van der Waals surface area contributed by atoms with E-state index in [1.807, 2.05) is 0 Å². The molecule has 0 saturated heterocycles. The van der Waals surface area contributed by atoms with Gasteiger partial charge in [-0.05, 0) is 6.07 Å². The second-order valence-corrected chi connectivity index (χ2v) is 4.36. The van der Waals surface area contributed by atoms with Crippen LogP contribution >= 0.6 is 0 Å². The molecule has 3 aromatic rings. The number of fused-ring (bicyclic) bond motifs is 1. The van der Waals surface area contributed by atoms with Crippen molar-refractivity contribution in [3.05, 3.63) is 58.8 Å². The standard InChI is InChI=1S/C14H8F3N3O/c15-14(16,17)13-19-10(7-11(21)20-13)9-5-1-3-8-4-2-6-18-12(8)9/h1-7H,(H,19,20,21). The zero-order chi connectivity index (χ0) is 15.0. The number of pyridine rings is 1. The molecule has 2 aromatic heterocycles. The van der Waals surface area contributed by atoms with E-state index in [9.17, 15) is 18.0 Å². The van der Waals surface area contributed by atoms with E-state index in [1.54, 1.807) is 35.3 Å². The number of halogens is 3. The highest BCUT2D eigenvalue weighted by Crippen LogP contribution is 2.29. The van der Waals surface area contributed by atoms with Crippen molar-refractivity contribution in [2.45, 2.75) is 6.18 Å². The quantitative estimate of drug-likeness (QED) is 0.749. The zero-order valence-corrected chi connectivity index (χ0v) is 10.5. The predicted octanol–water partition coefficient (Wildman–Crippen LogP) is 3.00. The third-order valence-electron chi connectivity index (χ3n) is 2.92. The summed E-state index contributed by atoms with van der Waals surface area (Å²) < 4.78 is 38.2. The average Bonchev–Trinajstić information content (AvgIpc) is 2.45. The molecule has 0 atom stereocenters. The molecule has 21 heavy (non-hydrogen) atoms. The second kappa shape index (κ2) is 4.69. The van der Waals surface area contributed by atoms with Crippen LogP contribution in [0.2, 0.25) is 0 Å². The van der Waals surface area contributed by atoms with Gasteiger partial charge < -0.3 is 4.98 Å². The second-order valence-electron chi connectivity index (χ2n) is 4.36. The Morgan fingerprint density at radius 3 is 2.62 bits per heavy atom. The highest BCUT2D eigenvalue weighted by Gasteiger charge is 2.34. The van der Waals surface area contributed by atoms with Crippen LogP contribution in [0.25, 0.3) is 22.2 Å². The molecule has 0 aliphatic rings. The van der Waals surface area contributed by atoms with E-state index < -0.39 is 17.6 Å². The first-order valence-corrected chi connectivity index (χ1v) is 5.98. The topological polar surface area (TPSA) is 58.6 Å². The monoisotopic (exact) mass is 291 g/mol. The first kappa shape index (κ1) is 13.3. The Kier molecular flexibility index (Phi) is 2.97. The summed E-state index contributed by atoms with van der Waals surface area (Å²) in [6.07, 6.45) is -3.18. The molecule has 0 aliphatic heterocycles. The predicted molar refractivity (Wildman–Crippen MR) is 70.6 cm³/mol. The Morgan fingerprint density at radius 1 is 1.10 bits per heavy atom. The molecule has 3 rings (SSSR count). The molecule has 0 spiro atoms. The summed E-state index contributed by atoms with van der Waals surface area (Å²) in [7, 11) is 0. The van der Waals surface area contributed by atoms with E-state index in [0.717, 1.165) is 11.5 Å². The SMILES string of the molecule is O=c1cc(-c2cccc3cccnc23)nc(C(F)(F)F)[nH]1. The lowest BCUT2D eigenvalue weighted by Gasteiger charge is -2.08. The molecule has 4 nitrogen and oxygen atoms in total. The summed E-state index contributed by atoms with van der Waals surface area (Å²) in [4.78, 5) is 20.8. The smallest absolute Gasteiger partial charge is 0.303 e. The Hall–Kier alpha value is -2.70. The molecule has 2 heterocycles. The van der Waals surface area contributed by atoms with Crippen LogP contribution in [-0.2, 0) is 6.18 Å². The first-order chi connectivity index (χ1) is 9.95. The Bertz CT molecular complexity index is 866. The fourth-order valence-electron chi connectivity index (χ4n) is 2.04. The maximum Gasteiger partial charge on any atom is 0.449 e. The van der Waals surface area contributed by atoms with Gasteiger partial charge in [-0.3, -0.25) is 9.78 Å². The molecule has 1 aromatic carbocycles. The normalized spacial score (nSPS) is 11.8. The molecule has 0 bridgehead atoms. The van der Waals surface area contributed by atoms with Crippen LogP contribution in [0.3, 0.4) is 0 Å². The molecule has 1 N–H and O–H groups in total. The van der Waals surface area contributed by atoms with Crippen molar-refractivity contribution in [1.82, 2.24) is 15.0 Å². The van der Waals surface area contributed by atoms with Gasteiger partial charge in [0.25, 0.3) is 5.56 Å². The summed E-state index contributed by atoms with van der Waals surface area (Å²) in [6, 6.07) is 9.57. The summed E-state index contributed by atoms with van der Waals surface area (Å²) in [5.74, 6) is -1.32. The third-order valence-corrected chi connectivity index (χ3v) is 2.92. The van der Waals surface area contributed by atoms with E-state index in [0.29, 0.717) is 11.1 Å². The van der Waals surface area contributed by atoms with Crippen molar-refractivity contribution < 1.29 is 13.2 Å². The van der Waals surface area contributed by atoms with Gasteiger partial charge in [0, 0.05) is 23.2 Å². The van der Waals surface area contributed by atoms with Crippen LogP contribution in [0.5, 0.6) is 0 Å². The van der Waals surface area contributed by atoms with Crippen molar-refractivity contribution in [2.24, 2.45) is 0 Å². The van der Waals surface area contributed by atoms with Gasteiger partial charge in [-0.15, -0.1) is 0 Å².